The molecule has 1 fully saturated rings. The van der Waals surface area contributed by atoms with Crippen LogP contribution in [0.5, 0.6) is 0 Å². The molecule has 2 aliphatic rings. The van der Waals surface area contributed by atoms with E-state index in [-0.39, 0.29) is 5.91 Å². The second kappa shape index (κ2) is 5.26. The summed E-state index contributed by atoms with van der Waals surface area (Å²) in [5.41, 5.74) is 2.11. The van der Waals surface area contributed by atoms with Crippen molar-refractivity contribution in [2.45, 2.75) is 31.9 Å². The standard InChI is InChI=1S/C15H15BN2O4/c19-14(10-3-4-13-11(5-10)8-21-16(13)20)17-6-12-7-18-15(22-12)9-1-2-9/h3-5,7,9,20H,1-2,6,8H2,(H,17,19). The number of carbonyl (C=O) groups excluding carboxylic acids is 1. The van der Waals surface area contributed by atoms with Crippen LogP contribution >= 0.6 is 0 Å². The zero-order valence-electron chi connectivity index (χ0n) is 11.9. The van der Waals surface area contributed by atoms with Crippen LogP contribution in [0.1, 0.15) is 46.3 Å². The van der Waals surface area contributed by atoms with Crippen molar-refractivity contribution in [2.75, 3.05) is 0 Å². The molecule has 6 nitrogen and oxygen atoms in total. The first-order chi connectivity index (χ1) is 10.7. The fourth-order valence-corrected chi connectivity index (χ4v) is 2.56. The van der Waals surface area contributed by atoms with E-state index in [2.05, 4.69) is 10.3 Å². The van der Waals surface area contributed by atoms with Crippen molar-refractivity contribution in [1.29, 1.82) is 0 Å². The minimum atomic E-state index is -0.887. The molecule has 2 heterocycles. The van der Waals surface area contributed by atoms with Crippen LogP contribution in [-0.2, 0) is 17.8 Å². The van der Waals surface area contributed by atoms with E-state index < -0.39 is 7.12 Å². The summed E-state index contributed by atoms with van der Waals surface area (Å²) in [7, 11) is -0.887. The molecule has 2 aromatic rings. The van der Waals surface area contributed by atoms with Gasteiger partial charge in [-0.2, -0.15) is 0 Å². The molecule has 4 rings (SSSR count). The Morgan fingerprint density at radius 3 is 3.14 bits per heavy atom. The van der Waals surface area contributed by atoms with E-state index in [4.69, 9.17) is 9.07 Å². The van der Waals surface area contributed by atoms with Crippen LogP contribution in [0, 0.1) is 0 Å². The maximum Gasteiger partial charge on any atom is 0.491 e. The molecule has 0 atom stereocenters. The fourth-order valence-electron chi connectivity index (χ4n) is 2.56. The Morgan fingerprint density at radius 2 is 2.32 bits per heavy atom. The van der Waals surface area contributed by atoms with Crippen molar-refractivity contribution in [1.82, 2.24) is 10.3 Å². The molecule has 22 heavy (non-hydrogen) atoms. The van der Waals surface area contributed by atoms with Gasteiger partial charge in [-0.25, -0.2) is 4.98 Å². The van der Waals surface area contributed by atoms with Gasteiger partial charge in [0, 0.05) is 11.5 Å². The number of hydrogen-bond acceptors (Lipinski definition) is 5. The second-order valence-corrected chi connectivity index (χ2v) is 5.70. The van der Waals surface area contributed by atoms with E-state index >= 15 is 0 Å². The minimum absolute atomic E-state index is 0.187. The molecular weight excluding hydrogens is 283 g/mol. The number of rotatable bonds is 4. The fraction of sp³-hybridized carbons (Fsp3) is 0.333. The van der Waals surface area contributed by atoms with Crippen LogP contribution < -0.4 is 10.8 Å². The number of amides is 1. The molecule has 0 unspecified atom stereocenters. The average Bonchev–Trinajstić information content (AvgIpc) is 3.17. The van der Waals surface area contributed by atoms with E-state index in [1.165, 1.54) is 0 Å². The molecule has 2 N–H and O–H groups in total. The third kappa shape index (κ3) is 2.53. The lowest BCUT2D eigenvalue weighted by molar-refractivity contribution is 0.0947. The number of hydrogen-bond donors (Lipinski definition) is 2. The van der Waals surface area contributed by atoms with Gasteiger partial charge in [0.1, 0.15) is 5.76 Å². The van der Waals surface area contributed by atoms with Gasteiger partial charge in [-0.05, 0) is 36.0 Å². The highest BCUT2D eigenvalue weighted by Gasteiger charge is 2.29. The van der Waals surface area contributed by atoms with Crippen molar-refractivity contribution in [2.24, 2.45) is 0 Å². The molecule has 0 bridgehead atoms. The lowest BCUT2D eigenvalue weighted by atomic mass is 9.79. The largest absolute Gasteiger partial charge is 0.491 e. The number of nitrogens with one attached hydrogen (secondary N) is 1. The molecule has 1 aliphatic heterocycles. The summed E-state index contributed by atoms with van der Waals surface area (Å²) < 4.78 is 10.7. The Bertz CT molecular complexity index is 726. The first-order valence-electron chi connectivity index (χ1n) is 7.36. The maximum atomic E-state index is 12.2. The normalized spacial score (nSPS) is 16.7. The lowest BCUT2D eigenvalue weighted by Crippen LogP contribution is -2.29. The lowest BCUT2D eigenvalue weighted by Gasteiger charge is -2.05. The van der Waals surface area contributed by atoms with E-state index in [1.807, 2.05) is 0 Å². The molecule has 1 aromatic carbocycles. The van der Waals surface area contributed by atoms with Crippen LogP contribution in [0.2, 0.25) is 0 Å². The van der Waals surface area contributed by atoms with Gasteiger partial charge in [-0.15, -0.1) is 0 Å². The summed E-state index contributed by atoms with van der Waals surface area (Å²) in [6, 6.07) is 5.15. The molecule has 7 heteroatoms. The summed E-state index contributed by atoms with van der Waals surface area (Å²) in [5, 5.41) is 12.4. The van der Waals surface area contributed by atoms with Gasteiger partial charge in [0.2, 0.25) is 0 Å². The van der Waals surface area contributed by atoms with Crippen molar-refractivity contribution in [3.8, 4) is 0 Å². The Balaban J connectivity index is 1.41. The molecular formula is C15H15BN2O4. The summed E-state index contributed by atoms with van der Waals surface area (Å²) >= 11 is 0. The molecule has 1 saturated carbocycles. The molecule has 1 amide bonds. The summed E-state index contributed by atoms with van der Waals surface area (Å²) in [4.78, 5) is 16.4. The predicted octanol–water partition coefficient (Wildman–Crippen LogP) is 0.700. The van der Waals surface area contributed by atoms with E-state index in [9.17, 15) is 9.82 Å². The Labute approximate surface area is 127 Å². The number of fused-ring (bicyclic) bond motifs is 1. The number of aromatic nitrogens is 1. The Kier molecular flexibility index (Phi) is 3.24. The van der Waals surface area contributed by atoms with E-state index in [0.717, 1.165) is 29.8 Å². The molecule has 0 spiro atoms. The first kappa shape index (κ1) is 13.5. The molecule has 0 saturated heterocycles. The highest BCUT2D eigenvalue weighted by Crippen LogP contribution is 2.39. The van der Waals surface area contributed by atoms with Gasteiger partial charge in [0.15, 0.2) is 5.89 Å². The van der Waals surface area contributed by atoms with Gasteiger partial charge >= 0.3 is 7.12 Å². The van der Waals surface area contributed by atoms with Gasteiger partial charge in [0.25, 0.3) is 5.91 Å². The van der Waals surface area contributed by atoms with Crippen LogP contribution in [0.4, 0.5) is 0 Å². The molecule has 0 radical (unpaired) electrons. The minimum Gasteiger partial charge on any atom is -0.444 e. The van der Waals surface area contributed by atoms with Gasteiger partial charge in [0.05, 0.1) is 19.3 Å². The van der Waals surface area contributed by atoms with Crippen molar-refractivity contribution >= 4 is 18.5 Å². The first-order valence-corrected chi connectivity index (χ1v) is 7.36. The van der Waals surface area contributed by atoms with Crippen LogP contribution in [-0.4, -0.2) is 23.0 Å². The van der Waals surface area contributed by atoms with E-state index in [0.29, 0.717) is 30.4 Å². The summed E-state index contributed by atoms with van der Waals surface area (Å²) in [6.45, 7) is 0.638. The smallest absolute Gasteiger partial charge is 0.444 e. The predicted molar refractivity (Wildman–Crippen MR) is 78.5 cm³/mol. The SMILES string of the molecule is O=C(NCc1cnc(C2CC2)o1)c1ccc2c(c1)COB2O. The number of carbonyl (C=O) groups is 1. The van der Waals surface area contributed by atoms with Crippen molar-refractivity contribution in [3.05, 3.63) is 47.2 Å². The summed E-state index contributed by atoms with van der Waals surface area (Å²) in [5.74, 6) is 1.71. The topological polar surface area (TPSA) is 84.6 Å². The molecule has 1 aliphatic carbocycles. The van der Waals surface area contributed by atoms with Crippen molar-refractivity contribution < 1.29 is 18.9 Å². The van der Waals surface area contributed by atoms with Gasteiger partial charge in [-0.3, -0.25) is 4.79 Å². The monoisotopic (exact) mass is 298 g/mol. The molecule has 1 aromatic heterocycles. The van der Waals surface area contributed by atoms with E-state index in [1.54, 1.807) is 24.4 Å². The summed E-state index contributed by atoms with van der Waals surface area (Å²) in [6.07, 6.45) is 3.94. The third-order valence-electron chi connectivity index (χ3n) is 3.99. The average molecular weight is 298 g/mol. The van der Waals surface area contributed by atoms with Crippen molar-refractivity contribution in [3.63, 3.8) is 0 Å². The third-order valence-corrected chi connectivity index (χ3v) is 3.99. The second-order valence-electron chi connectivity index (χ2n) is 5.70. The van der Waals surface area contributed by atoms with Gasteiger partial charge in [-0.1, -0.05) is 6.07 Å². The maximum absolute atomic E-state index is 12.2. The van der Waals surface area contributed by atoms with Crippen LogP contribution in [0.25, 0.3) is 0 Å². The molecule has 112 valence electrons. The number of benzene rings is 1. The quantitative estimate of drug-likeness (QED) is 0.812. The zero-order chi connectivity index (χ0) is 15.1. The van der Waals surface area contributed by atoms with Crippen LogP contribution in [0.3, 0.4) is 0 Å². The Hall–Kier alpha value is -2.12. The zero-order valence-corrected chi connectivity index (χ0v) is 11.9. The highest BCUT2D eigenvalue weighted by atomic mass is 16.5. The number of oxazole rings is 1. The van der Waals surface area contributed by atoms with Crippen LogP contribution in [0.15, 0.2) is 28.8 Å². The number of nitrogens with zero attached hydrogens (tertiary/aromatic N) is 1. The highest BCUT2D eigenvalue weighted by molar-refractivity contribution is 6.61. The van der Waals surface area contributed by atoms with Gasteiger partial charge < -0.3 is 19.4 Å². The Morgan fingerprint density at radius 1 is 1.45 bits per heavy atom.